The highest BCUT2D eigenvalue weighted by atomic mass is 16.6. The van der Waals surface area contributed by atoms with Gasteiger partial charge in [-0.25, -0.2) is 4.79 Å². The fourth-order valence-corrected chi connectivity index (χ4v) is 2.21. The Morgan fingerprint density at radius 2 is 1.90 bits per heavy atom. The number of para-hydroxylation sites is 2. The molecule has 1 aromatic rings. The average molecular weight is 293 g/mol. The molecule has 0 saturated carbocycles. The van der Waals surface area contributed by atoms with Gasteiger partial charge >= 0.3 is 5.97 Å². The number of carbonyl (C=O) groups is 2. The van der Waals surface area contributed by atoms with Crippen molar-refractivity contribution in [2.45, 2.75) is 44.9 Å². The van der Waals surface area contributed by atoms with Gasteiger partial charge in [-0.15, -0.1) is 0 Å². The molecule has 21 heavy (non-hydrogen) atoms. The van der Waals surface area contributed by atoms with E-state index >= 15 is 0 Å². The SMILES string of the molecule is CCCC(NC(=O)C1Oc2ccccc2OC1C)C(=O)O. The number of ether oxygens (including phenoxy) is 2. The van der Waals surface area contributed by atoms with Crippen molar-refractivity contribution in [1.29, 1.82) is 0 Å². The molecule has 1 heterocycles. The summed E-state index contributed by atoms with van der Waals surface area (Å²) in [6.07, 6.45) is -0.313. The first kappa shape index (κ1) is 15.2. The molecule has 0 radical (unpaired) electrons. The number of amides is 1. The number of carbonyl (C=O) groups excluding carboxylic acids is 1. The van der Waals surface area contributed by atoms with Crippen LogP contribution in [0.5, 0.6) is 11.5 Å². The Bertz CT molecular complexity index is 531. The second-order valence-corrected chi connectivity index (χ2v) is 5.00. The molecule has 1 aliphatic rings. The lowest BCUT2D eigenvalue weighted by Crippen LogP contribution is -2.53. The predicted octanol–water partition coefficient (Wildman–Crippen LogP) is 1.58. The van der Waals surface area contributed by atoms with Crippen molar-refractivity contribution in [3.63, 3.8) is 0 Å². The number of carboxylic acid groups (broad SMARTS) is 1. The van der Waals surface area contributed by atoms with Gasteiger partial charge in [0.15, 0.2) is 11.5 Å². The maximum Gasteiger partial charge on any atom is 0.326 e. The number of hydrogen-bond acceptors (Lipinski definition) is 4. The molecule has 0 spiro atoms. The zero-order valence-electron chi connectivity index (χ0n) is 12.0. The number of hydrogen-bond donors (Lipinski definition) is 2. The van der Waals surface area contributed by atoms with Crippen LogP contribution >= 0.6 is 0 Å². The average Bonchev–Trinajstić information content (AvgIpc) is 2.45. The fraction of sp³-hybridized carbons (Fsp3) is 0.467. The Hall–Kier alpha value is -2.24. The molecule has 2 N–H and O–H groups in total. The van der Waals surface area contributed by atoms with Crippen LogP contribution < -0.4 is 14.8 Å². The minimum absolute atomic E-state index is 0.375. The first-order valence-corrected chi connectivity index (χ1v) is 6.98. The highest BCUT2D eigenvalue weighted by molar-refractivity contribution is 5.87. The molecule has 3 unspecified atom stereocenters. The zero-order chi connectivity index (χ0) is 15.4. The zero-order valence-corrected chi connectivity index (χ0v) is 12.0. The fourth-order valence-electron chi connectivity index (χ4n) is 2.21. The summed E-state index contributed by atoms with van der Waals surface area (Å²) < 4.78 is 11.3. The van der Waals surface area contributed by atoms with E-state index in [1.807, 2.05) is 13.0 Å². The van der Waals surface area contributed by atoms with Gasteiger partial charge < -0.3 is 19.9 Å². The molecule has 0 aliphatic carbocycles. The Balaban J connectivity index is 2.07. The van der Waals surface area contributed by atoms with E-state index < -0.39 is 30.1 Å². The van der Waals surface area contributed by atoms with E-state index in [0.29, 0.717) is 24.3 Å². The Labute approximate surface area is 123 Å². The lowest BCUT2D eigenvalue weighted by Gasteiger charge is -2.31. The third-order valence-corrected chi connectivity index (χ3v) is 3.29. The van der Waals surface area contributed by atoms with Gasteiger partial charge in [0.2, 0.25) is 6.10 Å². The third-order valence-electron chi connectivity index (χ3n) is 3.29. The van der Waals surface area contributed by atoms with Gasteiger partial charge in [0.25, 0.3) is 5.91 Å². The first-order chi connectivity index (χ1) is 10.0. The number of fused-ring (bicyclic) bond motifs is 1. The van der Waals surface area contributed by atoms with E-state index in [1.165, 1.54) is 0 Å². The molecule has 0 bridgehead atoms. The minimum atomic E-state index is -1.05. The molecular weight excluding hydrogens is 274 g/mol. The molecule has 0 saturated heterocycles. The standard InChI is InChI=1S/C15H19NO5/c1-3-6-10(15(18)19)16-14(17)13-9(2)20-11-7-4-5-8-12(11)21-13/h4-5,7-10,13H,3,6H2,1-2H3,(H,16,17)(H,18,19). The van der Waals surface area contributed by atoms with Crippen LogP contribution in [0.3, 0.4) is 0 Å². The lowest BCUT2D eigenvalue weighted by molar-refractivity contribution is -0.144. The van der Waals surface area contributed by atoms with Crippen molar-refractivity contribution in [3.8, 4) is 11.5 Å². The minimum Gasteiger partial charge on any atom is -0.482 e. The quantitative estimate of drug-likeness (QED) is 0.861. The van der Waals surface area contributed by atoms with Gasteiger partial charge in [0.05, 0.1) is 0 Å². The molecule has 6 nitrogen and oxygen atoms in total. The van der Waals surface area contributed by atoms with Crippen molar-refractivity contribution in [3.05, 3.63) is 24.3 Å². The highest BCUT2D eigenvalue weighted by Crippen LogP contribution is 2.33. The third kappa shape index (κ3) is 3.45. The highest BCUT2D eigenvalue weighted by Gasteiger charge is 2.35. The largest absolute Gasteiger partial charge is 0.482 e. The summed E-state index contributed by atoms with van der Waals surface area (Å²) >= 11 is 0. The van der Waals surface area contributed by atoms with E-state index in [1.54, 1.807) is 25.1 Å². The predicted molar refractivity (Wildman–Crippen MR) is 75.4 cm³/mol. The molecule has 3 atom stereocenters. The molecular formula is C15H19NO5. The number of aliphatic carboxylic acids is 1. The molecule has 0 fully saturated rings. The van der Waals surface area contributed by atoms with Crippen LogP contribution in [0.25, 0.3) is 0 Å². The summed E-state index contributed by atoms with van der Waals surface area (Å²) in [7, 11) is 0. The summed E-state index contributed by atoms with van der Waals surface area (Å²) in [5, 5.41) is 11.6. The maximum atomic E-state index is 12.2. The lowest BCUT2D eigenvalue weighted by atomic mass is 10.1. The Morgan fingerprint density at radius 1 is 1.29 bits per heavy atom. The van der Waals surface area contributed by atoms with Gasteiger partial charge in [0.1, 0.15) is 12.1 Å². The summed E-state index contributed by atoms with van der Waals surface area (Å²) in [5.74, 6) is -0.455. The van der Waals surface area contributed by atoms with E-state index in [4.69, 9.17) is 14.6 Å². The first-order valence-electron chi connectivity index (χ1n) is 6.98. The monoisotopic (exact) mass is 293 g/mol. The van der Waals surface area contributed by atoms with Gasteiger partial charge in [-0.2, -0.15) is 0 Å². The van der Waals surface area contributed by atoms with E-state index in [-0.39, 0.29) is 0 Å². The Kier molecular flexibility index (Phi) is 4.67. The van der Waals surface area contributed by atoms with Crippen molar-refractivity contribution in [1.82, 2.24) is 5.32 Å². The van der Waals surface area contributed by atoms with Crippen LogP contribution in [-0.2, 0) is 9.59 Å². The van der Waals surface area contributed by atoms with E-state index in [2.05, 4.69) is 5.32 Å². The maximum absolute atomic E-state index is 12.2. The second-order valence-electron chi connectivity index (χ2n) is 5.00. The van der Waals surface area contributed by atoms with Crippen molar-refractivity contribution in [2.75, 3.05) is 0 Å². The van der Waals surface area contributed by atoms with Gasteiger partial charge in [-0.3, -0.25) is 4.79 Å². The summed E-state index contributed by atoms with van der Waals surface area (Å²) in [6, 6.07) is 6.16. The molecule has 1 aliphatic heterocycles. The van der Waals surface area contributed by atoms with Crippen LogP contribution in [-0.4, -0.2) is 35.2 Å². The van der Waals surface area contributed by atoms with Crippen molar-refractivity contribution < 1.29 is 24.2 Å². The number of benzene rings is 1. The van der Waals surface area contributed by atoms with Gasteiger partial charge in [-0.05, 0) is 25.5 Å². The topological polar surface area (TPSA) is 84.9 Å². The van der Waals surface area contributed by atoms with E-state index in [0.717, 1.165) is 0 Å². The number of carboxylic acids is 1. The number of nitrogens with one attached hydrogen (secondary N) is 1. The van der Waals surface area contributed by atoms with Crippen LogP contribution in [0.2, 0.25) is 0 Å². The second kappa shape index (κ2) is 6.47. The van der Waals surface area contributed by atoms with Crippen LogP contribution in [0.1, 0.15) is 26.7 Å². The van der Waals surface area contributed by atoms with Crippen molar-refractivity contribution >= 4 is 11.9 Å². The van der Waals surface area contributed by atoms with Crippen LogP contribution in [0.15, 0.2) is 24.3 Å². The molecule has 1 aromatic carbocycles. The molecule has 114 valence electrons. The van der Waals surface area contributed by atoms with E-state index in [9.17, 15) is 9.59 Å². The van der Waals surface area contributed by atoms with Crippen LogP contribution in [0, 0.1) is 0 Å². The van der Waals surface area contributed by atoms with Crippen LogP contribution in [0.4, 0.5) is 0 Å². The normalized spacial score (nSPS) is 21.4. The number of rotatable bonds is 5. The smallest absolute Gasteiger partial charge is 0.326 e. The molecule has 2 rings (SSSR count). The molecule has 6 heteroatoms. The summed E-state index contributed by atoms with van der Waals surface area (Å²) in [6.45, 7) is 3.58. The van der Waals surface area contributed by atoms with Gasteiger partial charge in [-0.1, -0.05) is 25.5 Å². The molecule has 1 amide bonds. The summed E-state index contributed by atoms with van der Waals surface area (Å²) in [4.78, 5) is 23.3. The van der Waals surface area contributed by atoms with Gasteiger partial charge in [0, 0.05) is 0 Å². The van der Waals surface area contributed by atoms with Crippen molar-refractivity contribution in [2.24, 2.45) is 0 Å². The summed E-state index contributed by atoms with van der Waals surface area (Å²) in [5.41, 5.74) is 0. The Morgan fingerprint density at radius 3 is 2.48 bits per heavy atom. The molecule has 0 aromatic heterocycles.